The van der Waals surface area contributed by atoms with Crippen LogP contribution in [0.25, 0.3) is 0 Å². The Bertz CT molecular complexity index is 907. The lowest BCUT2D eigenvalue weighted by atomic mass is 10.1. The van der Waals surface area contributed by atoms with E-state index < -0.39 is 0 Å². The highest BCUT2D eigenvalue weighted by Gasteiger charge is 2.18. The summed E-state index contributed by atoms with van der Waals surface area (Å²) in [6.45, 7) is 1.81. The third-order valence-corrected chi connectivity index (χ3v) is 5.20. The fourth-order valence-electron chi connectivity index (χ4n) is 2.88. The number of nitrogens with one attached hydrogen (secondary N) is 1. The zero-order valence-electron chi connectivity index (χ0n) is 13.4. The highest BCUT2D eigenvalue weighted by molar-refractivity contribution is 7.10. The second-order valence-electron chi connectivity index (χ2n) is 5.85. The van der Waals surface area contributed by atoms with Crippen molar-refractivity contribution >= 4 is 28.7 Å². The number of thiophene rings is 1. The Morgan fingerprint density at radius 1 is 1.32 bits per heavy atom. The molecule has 1 aliphatic heterocycles. The summed E-state index contributed by atoms with van der Waals surface area (Å²) in [5.41, 5.74) is 2.27. The number of carbonyl (C=O) groups excluding carboxylic acids is 1. The predicted octanol–water partition coefficient (Wildman–Crippen LogP) is 2.59. The molecule has 0 saturated carbocycles. The van der Waals surface area contributed by atoms with Crippen LogP contribution in [0.2, 0.25) is 0 Å². The second-order valence-corrected chi connectivity index (χ2v) is 6.85. The van der Waals surface area contributed by atoms with Crippen molar-refractivity contribution in [3.63, 3.8) is 0 Å². The summed E-state index contributed by atoms with van der Waals surface area (Å²) in [7, 11) is 0. The second kappa shape index (κ2) is 6.52. The lowest BCUT2D eigenvalue weighted by Gasteiger charge is -2.28. The summed E-state index contributed by atoms with van der Waals surface area (Å²) in [4.78, 5) is 20.3. The van der Waals surface area contributed by atoms with E-state index >= 15 is 0 Å². The Labute approximate surface area is 149 Å². The van der Waals surface area contributed by atoms with E-state index in [0.29, 0.717) is 16.0 Å². The fourth-order valence-corrected chi connectivity index (χ4v) is 3.77. The number of amides is 1. The molecule has 25 heavy (non-hydrogen) atoms. The molecule has 0 saturated heterocycles. The average molecular weight is 352 g/mol. The Morgan fingerprint density at radius 2 is 2.24 bits per heavy atom. The number of aromatic nitrogens is 2. The minimum absolute atomic E-state index is 0.308. The first kappa shape index (κ1) is 15.6. The Morgan fingerprint density at radius 3 is 3.04 bits per heavy atom. The van der Waals surface area contributed by atoms with E-state index in [1.54, 1.807) is 12.3 Å². The first-order chi connectivity index (χ1) is 12.2. The van der Waals surface area contributed by atoms with Crippen molar-refractivity contribution in [2.24, 2.45) is 0 Å². The van der Waals surface area contributed by atoms with Gasteiger partial charge in [-0.3, -0.25) is 4.79 Å². The van der Waals surface area contributed by atoms with Crippen molar-refractivity contribution in [3.8, 4) is 0 Å². The molecule has 0 aliphatic carbocycles. The Kier molecular flexibility index (Phi) is 4.07. The van der Waals surface area contributed by atoms with Crippen LogP contribution in [-0.2, 0) is 13.0 Å². The maximum absolute atomic E-state index is 12.2. The molecule has 4 rings (SSSR count). The maximum Gasteiger partial charge on any atom is 0.261 e. The number of rotatable bonds is 3. The van der Waals surface area contributed by atoms with E-state index in [9.17, 15) is 10.0 Å². The first-order valence-electron chi connectivity index (χ1n) is 7.95. The van der Waals surface area contributed by atoms with E-state index in [1.807, 2.05) is 23.5 Å². The van der Waals surface area contributed by atoms with Crippen LogP contribution >= 0.6 is 11.3 Å². The summed E-state index contributed by atoms with van der Waals surface area (Å²) < 4.78 is 0.602. The number of hydrogen-bond acceptors (Lipinski definition) is 5. The van der Waals surface area contributed by atoms with Crippen LogP contribution in [0.3, 0.4) is 0 Å². The van der Waals surface area contributed by atoms with Crippen LogP contribution in [0, 0.1) is 5.21 Å². The van der Waals surface area contributed by atoms with Gasteiger partial charge in [-0.15, -0.1) is 11.3 Å². The van der Waals surface area contributed by atoms with Gasteiger partial charge in [0.1, 0.15) is 11.4 Å². The Balaban J connectivity index is 1.45. The monoisotopic (exact) mass is 352 g/mol. The predicted molar refractivity (Wildman–Crippen MR) is 96.7 cm³/mol. The van der Waals surface area contributed by atoms with Gasteiger partial charge in [0.05, 0.1) is 11.9 Å². The lowest BCUT2D eigenvalue weighted by Crippen LogP contribution is -2.30. The smallest absolute Gasteiger partial charge is 0.261 e. The minimum atomic E-state index is -0.333. The molecule has 1 N–H and O–H groups in total. The molecule has 7 heteroatoms. The quantitative estimate of drug-likeness (QED) is 0.581. The molecular weight excluding hydrogens is 336 g/mol. The number of fused-ring (bicyclic) bond motifs is 1. The van der Waals surface area contributed by atoms with Crippen LogP contribution in [-0.4, -0.2) is 17.4 Å². The molecule has 0 unspecified atom stereocenters. The maximum atomic E-state index is 12.2. The molecule has 0 bridgehead atoms. The van der Waals surface area contributed by atoms with Gasteiger partial charge < -0.3 is 15.4 Å². The zero-order chi connectivity index (χ0) is 17.2. The van der Waals surface area contributed by atoms with E-state index in [4.69, 9.17) is 0 Å². The SMILES string of the molecule is O=C(Nc1ccc(N2CCc3sccc3C2)nc1)c1ccc[n+]([O-])c1. The number of carbonyl (C=O) groups is 1. The molecule has 0 fully saturated rings. The molecule has 3 aromatic heterocycles. The number of nitrogens with zero attached hydrogens (tertiary/aromatic N) is 3. The van der Waals surface area contributed by atoms with Gasteiger partial charge in [-0.25, -0.2) is 4.98 Å². The third-order valence-electron chi connectivity index (χ3n) is 4.17. The van der Waals surface area contributed by atoms with Crippen molar-refractivity contribution < 1.29 is 9.52 Å². The van der Waals surface area contributed by atoms with Gasteiger partial charge in [-0.05, 0) is 41.6 Å². The van der Waals surface area contributed by atoms with E-state index in [1.165, 1.54) is 28.9 Å². The fraction of sp³-hybridized carbons (Fsp3) is 0.167. The van der Waals surface area contributed by atoms with E-state index in [0.717, 1.165) is 25.3 Å². The van der Waals surface area contributed by atoms with Crippen LogP contribution in [0.1, 0.15) is 20.8 Å². The van der Waals surface area contributed by atoms with Gasteiger partial charge in [0.15, 0.2) is 12.4 Å². The van der Waals surface area contributed by atoms with Crippen molar-refractivity contribution in [3.05, 3.63) is 75.5 Å². The minimum Gasteiger partial charge on any atom is -0.619 e. The molecular formula is C18H16N4O2S. The topological polar surface area (TPSA) is 72.2 Å². The largest absolute Gasteiger partial charge is 0.619 e. The molecule has 0 atom stereocenters. The molecule has 0 spiro atoms. The molecule has 6 nitrogen and oxygen atoms in total. The summed E-state index contributed by atoms with van der Waals surface area (Å²) in [5.74, 6) is 0.563. The normalized spacial score (nSPS) is 13.4. The summed E-state index contributed by atoms with van der Waals surface area (Å²) in [6.07, 6.45) is 5.26. The molecule has 1 aliphatic rings. The van der Waals surface area contributed by atoms with Crippen molar-refractivity contribution in [1.82, 2.24) is 4.98 Å². The van der Waals surface area contributed by atoms with Crippen LogP contribution in [0.4, 0.5) is 11.5 Å². The molecule has 1 amide bonds. The first-order valence-corrected chi connectivity index (χ1v) is 8.83. The molecule has 0 radical (unpaired) electrons. The van der Waals surface area contributed by atoms with Crippen molar-refractivity contribution in [2.75, 3.05) is 16.8 Å². The lowest BCUT2D eigenvalue weighted by molar-refractivity contribution is -0.605. The molecule has 126 valence electrons. The number of hydrogen-bond donors (Lipinski definition) is 1. The van der Waals surface area contributed by atoms with Gasteiger partial charge in [0, 0.05) is 24.0 Å². The van der Waals surface area contributed by atoms with Crippen molar-refractivity contribution in [2.45, 2.75) is 13.0 Å². The van der Waals surface area contributed by atoms with E-state index in [-0.39, 0.29) is 5.91 Å². The highest BCUT2D eigenvalue weighted by atomic mass is 32.1. The molecule has 0 aromatic carbocycles. The van der Waals surface area contributed by atoms with Crippen LogP contribution in [0.5, 0.6) is 0 Å². The zero-order valence-corrected chi connectivity index (χ0v) is 14.2. The van der Waals surface area contributed by atoms with Gasteiger partial charge in [-0.2, -0.15) is 4.73 Å². The molecule has 3 aromatic rings. The van der Waals surface area contributed by atoms with Crippen LogP contribution in [0.15, 0.2) is 54.3 Å². The number of anilines is 2. The summed E-state index contributed by atoms with van der Waals surface area (Å²) in [6, 6.07) is 9.04. The number of pyridine rings is 2. The van der Waals surface area contributed by atoms with E-state index in [2.05, 4.69) is 26.6 Å². The Hall–Kier alpha value is -2.93. The third kappa shape index (κ3) is 3.32. The summed E-state index contributed by atoms with van der Waals surface area (Å²) in [5, 5.41) is 16.1. The van der Waals surface area contributed by atoms with Gasteiger partial charge in [0.2, 0.25) is 0 Å². The standard InChI is InChI=1S/C18H16N4O2S/c23-18(14-2-1-7-22(24)12-14)20-15-3-4-17(19-10-15)21-8-5-16-13(11-21)6-9-25-16/h1-4,6-7,9-10,12H,5,8,11H2,(H,20,23). The van der Waals surface area contributed by atoms with Gasteiger partial charge >= 0.3 is 0 Å². The van der Waals surface area contributed by atoms with Crippen LogP contribution < -0.4 is 14.9 Å². The van der Waals surface area contributed by atoms with Gasteiger partial charge in [0.25, 0.3) is 5.91 Å². The highest BCUT2D eigenvalue weighted by Crippen LogP contribution is 2.27. The average Bonchev–Trinajstić information content (AvgIpc) is 3.10. The summed E-state index contributed by atoms with van der Waals surface area (Å²) >= 11 is 1.81. The van der Waals surface area contributed by atoms with Crippen molar-refractivity contribution in [1.29, 1.82) is 0 Å². The van der Waals surface area contributed by atoms with Gasteiger partial charge in [-0.1, -0.05) is 0 Å². The molecule has 4 heterocycles.